The summed E-state index contributed by atoms with van der Waals surface area (Å²) in [6.07, 6.45) is -0.575. The molecule has 1 aromatic heterocycles. The van der Waals surface area contributed by atoms with E-state index in [1.54, 1.807) is 19.1 Å². The van der Waals surface area contributed by atoms with Gasteiger partial charge in [0.1, 0.15) is 34.3 Å². The number of aliphatic hydroxyl groups excluding tert-OH is 1. The van der Waals surface area contributed by atoms with Crippen LogP contribution in [0.2, 0.25) is 0 Å². The summed E-state index contributed by atoms with van der Waals surface area (Å²) in [5.74, 6) is 0.369. The van der Waals surface area contributed by atoms with Crippen molar-refractivity contribution >= 4 is 17.6 Å². The van der Waals surface area contributed by atoms with Crippen LogP contribution in [0.5, 0.6) is 5.75 Å². The summed E-state index contributed by atoms with van der Waals surface area (Å²) in [7, 11) is 0. The SMILES string of the molecule is CC(O)CSc1nc(N)c(C#N)c(-c2cccc(O)c2)c1C#N. The molecule has 7 heteroatoms. The van der Waals surface area contributed by atoms with Crippen LogP contribution in [-0.2, 0) is 0 Å². The van der Waals surface area contributed by atoms with E-state index in [0.29, 0.717) is 21.9 Å². The standard InChI is InChI=1S/C16H14N4O2S/c1-9(21)8-23-16-13(7-18)14(12(6-17)15(19)20-16)10-3-2-4-11(22)5-10/h2-5,9,21-22H,8H2,1H3,(H2,19,20). The van der Waals surface area contributed by atoms with Crippen LogP contribution in [0, 0.1) is 22.7 Å². The second kappa shape index (κ2) is 7.01. The Balaban J connectivity index is 2.72. The van der Waals surface area contributed by atoms with E-state index in [-0.39, 0.29) is 22.7 Å². The number of phenolic OH excluding ortho intramolecular Hbond substituents is 1. The molecule has 0 fully saturated rings. The van der Waals surface area contributed by atoms with E-state index in [9.17, 15) is 20.7 Å². The van der Waals surface area contributed by atoms with Crippen molar-refractivity contribution in [3.8, 4) is 29.0 Å². The fraction of sp³-hybridized carbons (Fsp3) is 0.188. The summed E-state index contributed by atoms with van der Waals surface area (Å²) < 4.78 is 0. The second-order valence-corrected chi connectivity index (χ2v) is 5.87. The van der Waals surface area contributed by atoms with Crippen LogP contribution >= 0.6 is 11.8 Å². The Morgan fingerprint density at radius 1 is 1.30 bits per heavy atom. The van der Waals surface area contributed by atoms with Crippen molar-refractivity contribution in [3.05, 3.63) is 35.4 Å². The van der Waals surface area contributed by atoms with Crippen LogP contribution in [0.1, 0.15) is 18.1 Å². The highest BCUT2D eigenvalue weighted by atomic mass is 32.2. The number of anilines is 1. The molecule has 0 saturated carbocycles. The zero-order chi connectivity index (χ0) is 17.0. The Bertz CT molecular complexity index is 822. The van der Waals surface area contributed by atoms with Crippen molar-refractivity contribution in [3.63, 3.8) is 0 Å². The van der Waals surface area contributed by atoms with E-state index >= 15 is 0 Å². The fourth-order valence-electron chi connectivity index (χ4n) is 2.05. The topological polar surface area (TPSA) is 127 Å². The third-order valence-electron chi connectivity index (χ3n) is 3.01. The van der Waals surface area contributed by atoms with Gasteiger partial charge in [-0.2, -0.15) is 10.5 Å². The Kier molecular flexibility index (Phi) is 5.07. The quantitative estimate of drug-likeness (QED) is 0.735. The van der Waals surface area contributed by atoms with Gasteiger partial charge in [0.25, 0.3) is 0 Å². The van der Waals surface area contributed by atoms with Gasteiger partial charge >= 0.3 is 0 Å². The average molecular weight is 326 g/mol. The zero-order valence-electron chi connectivity index (χ0n) is 12.3. The fourth-order valence-corrected chi connectivity index (χ4v) is 2.91. The predicted octanol–water partition coefficient (Wildman–Crippen LogP) is 2.25. The first kappa shape index (κ1) is 16.6. The summed E-state index contributed by atoms with van der Waals surface area (Å²) in [6.45, 7) is 1.63. The van der Waals surface area contributed by atoms with Crippen LogP contribution in [-0.4, -0.2) is 27.1 Å². The van der Waals surface area contributed by atoms with E-state index in [0.717, 1.165) is 0 Å². The molecule has 0 aliphatic heterocycles. The molecule has 1 atom stereocenters. The maximum Gasteiger partial charge on any atom is 0.143 e. The molecule has 0 saturated heterocycles. The monoisotopic (exact) mass is 326 g/mol. The van der Waals surface area contributed by atoms with E-state index in [4.69, 9.17) is 5.73 Å². The molecule has 0 aliphatic carbocycles. The van der Waals surface area contributed by atoms with Crippen LogP contribution in [0.3, 0.4) is 0 Å². The molecule has 0 radical (unpaired) electrons. The van der Waals surface area contributed by atoms with Crippen LogP contribution in [0.4, 0.5) is 5.82 Å². The summed E-state index contributed by atoms with van der Waals surface area (Å²) in [5.41, 5.74) is 6.99. The Morgan fingerprint density at radius 3 is 2.57 bits per heavy atom. The van der Waals surface area contributed by atoms with Gasteiger partial charge in [-0.1, -0.05) is 12.1 Å². The summed E-state index contributed by atoms with van der Waals surface area (Å²) >= 11 is 1.19. The highest BCUT2D eigenvalue weighted by Crippen LogP contribution is 2.36. The third kappa shape index (κ3) is 3.54. The smallest absolute Gasteiger partial charge is 0.143 e. The molecule has 0 spiro atoms. The van der Waals surface area contributed by atoms with E-state index < -0.39 is 6.10 Å². The Hall–Kier alpha value is -2.74. The van der Waals surface area contributed by atoms with Gasteiger partial charge in [-0.05, 0) is 24.6 Å². The summed E-state index contributed by atoms with van der Waals surface area (Å²) in [6, 6.07) is 10.3. The van der Waals surface area contributed by atoms with E-state index in [1.165, 1.54) is 23.9 Å². The van der Waals surface area contributed by atoms with Crippen molar-refractivity contribution in [2.75, 3.05) is 11.5 Å². The van der Waals surface area contributed by atoms with Gasteiger partial charge in [0.15, 0.2) is 0 Å². The highest BCUT2D eigenvalue weighted by Gasteiger charge is 2.21. The highest BCUT2D eigenvalue weighted by molar-refractivity contribution is 7.99. The number of aliphatic hydroxyl groups is 1. The lowest BCUT2D eigenvalue weighted by Crippen LogP contribution is -2.07. The minimum Gasteiger partial charge on any atom is -0.508 e. The first-order chi connectivity index (χ1) is 11.0. The molecular formula is C16H14N4O2S. The summed E-state index contributed by atoms with van der Waals surface area (Å²) in [5, 5.41) is 38.3. The average Bonchev–Trinajstić information content (AvgIpc) is 2.52. The number of pyridine rings is 1. The number of phenols is 1. The van der Waals surface area contributed by atoms with Gasteiger partial charge in [-0.25, -0.2) is 4.98 Å². The lowest BCUT2D eigenvalue weighted by atomic mass is 9.97. The molecule has 116 valence electrons. The number of nitrogen functional groups attached to an aromatic ring is 1. The number of nitrogens with two attached hydrogens (primary N) is 1. The van der Waals surface area contributed by atoms with E-state index in [1.807, 2.05) is 6.07 Å². The molecule has 0 amide bonds. The van der Waals surface area contributed by atoms with Gasteiger partial charge in [0.2, 0.25) is 0 Å². The molecule has 0 aliphatic rings. The number of hydrogen-bond acceptors (Lipinski definition) is 7. The molecule has 1 aromatic carbocycles. The first-order valence-corrected chi connectivity index (χ1v) is 7.70. The second-order valence-electron chi connectivity index (χ2n) is 4.86. The number of aromatic hydroxyl groups is 1. The predicted molar refractivity (Wildman–Crippen MR) is 87.6 cm³/mol. The molecular weight excluding hydrogens is 312 g/mol. The number of nitriles is 2. The molecule has 1 unspecified atom stereocenters. The number of rotatable bonds is 4. The molecule has 23 heavy (non-hydrogen) atoms. The van der Waals surface area contributed by atoms with Crippen LogP contribution in [0.25, 0.3) is 11.1 Å². The summed E-state index contributed by atoms with van der Waals surface area (Å²) in [4.78, 5) is 4.12. The zero-order valence-corrected chi connectivity index (χ0v) is 13.1. The molecule has 1 heterocycles. The molecule has 2 aromatic rings. The van der Waals surface area contributed by atoms with Gasteiger partial charge in [0, 0.05) is 11.3 Å². The number of nitrogens with zero attached hydrogens (tertiary/aromatic N) is 3. The number of benzene rings is 1. The third-order valence-corrected chi connectivity index (χ3v) is 4.23. The van der Waals surface area contributed by atoms with E-state index in [2.05, 4.69) is 11.1 Å². The van der Waals surface area contributed by atoms with Crippen molar-refractivity contribution in [2.45, 2.75) is 18.1 Å². The molecule has 0 bridgehead atoms. The van der Waals surface area contributed by atoms with Crippen molar-refractivity contribution in [1.82, 2.24) is 4.98 Å². The van der Waals surface area contributed by atoms with Crippen LogP contribution in [0.15, 0.2) is 29.3 Å². The number of aromatic nitrogens is 1. The van der Waals surface area contributed by atoms with Gasteiger partial charge in [0.05, 0.1) is 11.7 Å². The van der Waals surface area contributed by atoms with Gasteiger partial charge in [-0.3, -0.25) is 0 Å². The lowest BCUT2D eigenvalue weighted by Gasteiger charge is -2.13. The minimum absolute atomic E-state index is 0.0120. The van der Waals surface area contributed by atoms with Gasteiger partial charge < -0.3 is 15.9 Å². The van der Waals surface area contributed by atoms with Gasteiger partial charge in [-0.15, -0.1) is 11.8 Å². The van der Waals surface area contributed by atoms with Crippen molar-refractivity contribution in [2.24, 2.45) is 0 Å². The molecule has 4 N–H and O–H groups in total. The van der Waals surface area contributed by atoms with Crippen molar-refractivity contribution < 1.29 is 10.2 Å². The largest absolute Gasteiger partial charge is 0.508 e. The Labute approximate surface area is 137 Å². The lowest BCUT2D eigenvalue weighted by molar-refractivity contribution is 0.220. The maximum atomic E-state index is 9.67. The Morgan fingerprint density at radius 2 is 2.00 bits per heavy atom. The van der Waals surface area contributed by atoms with Crippen molar-refractivity contribution in [1.29, 1.82) is 10.5 Å². The first-order valence-electron chi connectivity index (χ1n) is 6.71. The molecule has 2 rings (SSSR count). The molecule has 6 nitrogen and oxygen atoms in total. The normalized spacial score (nSPS) is 11.5. The number of hydrogen-bond donors (Lipinski definition) is 3. The maximum absolute atomic E-state index is 9.67. The van der Waals surface area contributed by atoms with Crippen LogP contribution < -0.4 is 5.73 Å². The minimum atomic E-state index is -0.575. The number of thioether (sulfide) groups is 1.